The summed E-state index contributed by atoms with van der Waals surface area (Å²) in [7, 11) is 3.14. The Morgan fingerprint density at radius 1 is 1.14 bits per heavy atom. The molecule has 0 bridgehead atoms. The molecule has 2 aromatic carbocycles. The molecule has 2 rings (SSSR count). The maximum Gasteiger partial charge on any atom is 0.331 e. The lowest BCUT2D eigenvalue weighted by atomic mass is 10.1. The van der Waals surface area contributed by atoms with Crippen molar-refractivity contribution in [2.45, 2.75) is 6.54 Å². The van der Waals surface area contributed by atoms with E-state index in [1.165, 1.54) is 29.2 Å². The van der Waals surface area contributed by atoms with E-state index in [1.54, 1.807) is 26.3 Å². The number of hydrogen-bond donors (Lipinski definition) is 0. The van der Waals surface area contributed by atoms with E-state index in [4.69, 9.17) is 9.47 Å². The molecule has 0 aliphatic carbocycles. The standard InChI is InChI=1S/C20H20N2O6/c1-21(13-16-8-4-6-10-18(16)27-2)19(23)14-28-20(24)12-11-15-7-3-5-9-17(15)22(25)26/h3-12H,13-14H2,1-2H3/b12-11+. The van der Waals surface area contributed by atoms with E-state index in [9.17, 15) is 19.7 Å². The minimum Gasteiger partial charge on any atom is -0.496 e. The molecule has 0 unspecified atom stereocenters. The lowest BCUT2D eigenvalue weighted by Crippen LogP contribution is -2.30. The zero-order chi connectivity index (χ0) is 20.5. The van der Waals surface area contributed by atoms with Gasteiger partial charge in [0, 0.05) is 31.3 Å². The topological polar surface area (TPSA) is 99.0 Å². The smallest absolute Gasteiger partial charge is 0.331 e. The summed E-state index contributed by atoms with van der Waals surface area (Å²) in [5.74, 6) is -0.498. The average molecular weight is 384 g/mol. The third kappa shape index (κ3) is 5.66. The molecule has 0 aliphatic rings. The molecule has 0 aliphatic heterocycles. The van der Waals surface area contributed by atoms with Gasteiger partial charge in [0.1, 0.15) is 5.75 Å². The van der Waals surface area contributed by atoms with Gasteiger partial charge in [0.05, 0.1) is 17.6 Å². The van der Waals surface area contributed by atoms with Gasteiger partial charge >= 0.3 is 5.97 Å². The van der Waals surface area contributed by atoms with Gasteiger partial charge in [0.15, 0.2) is 6.61 Å². The van der Waals surface area contributed by atoms with E-state index in [0.717, 1.165) is 11.6 Å². The average Bonchev–Trinajstić information content (AvgIpc) is 2.70. The first-order chi connectivity index (χ1) is 13.4. The van der Waals surface area contributed by atoms with Gasteiger partial charge < -0.3 is 14.4 Å². The Bertz CT molecular complexity index is 894. The van der Waals surface area contributed by atoms with Crippen LogP contribution in [-0.4, -0.2) is 42.5 Å². The first-order valence-electron chi connectivity index (χ1n) is 8.36. The molecule has 0 fully saturated rings. The minimum atomic E-state index is -0.766. The summed E-state index contributed by atoms with van der Waals surface area (Å²) in [5, 5.41) is 10.9. The first-order valence-corrected chi connectivity index (χ1v) is 8.36. The fourth-order valence-corrected chi connectivity index (χ4v) is 2.42. The molecule has 0 spiro atoms. The molecular weight excluding hydrogens is 364 g/mol. The molecule has 0 atom stereocenters. The summed E-state index contributed by atoms with van der Waals surface area (Å²) >= 11 is 0. The zero-order valence-corrected chi connectivity index (χ0v) is 15.5. The van der Waals surface area contributed by atoms with Crippen LogP contribution in [0.1, 0.15) is 11.1 Å². The summed E-state index contributed by atoms with van der Waals surface area (Å²) in [5.41, 5.74) is 0.965. The summed E-state index contributed by atoms with van der Waals surface area (Å²) in [6.45, 7) is -0.141. The number of carbonyl (C=O) groups excluding carboxylic acids is 2. The van der Waals surface area contributed by atoms with Crippen molar-refractivity contribution in [3.8, 4) is 5.75 Å². The molecular formula is C20H20N2O6. The summed E-state index contributed by atoms with van der Waals surface area (Å²) in [4.78, 5) is 35.8. The zero-order valence-electron chi connectivity index (χ0n) is 15.5. The molecule has 1 amide bonds. The number of ether oxygens (including phenoxy) is 2. The van der Waals surface area contributed by atoms with E-state index in [-0.39, 0.29) is 11.3 Å². The highest BCUT2D eigenvalue weighted by Crippen LogP contribution is 2.19. The molecule has 28 heavy (non-hydrogen) atoms. The number of methoxy groups -OCH3 is 1. The van der Waals surface area contributed by atoms with E-state index in [2.05, 4.69) is 0 Å². The van der Waals surface area contributed by atoms with Crippen molar-refractivity contribution in [2.24, 2.45) is 0 Å². The SMILES string of the molecule is COc1ccccc1CN(C)C(=O)COC(=O)/C=C/c1ccccc1[N+](=O)[O-]. The molecule has 0 radical (unpaired) electrons. The maximum atomic E-state index is 12.2. The van der Waals surface area contributed by atoms with Gasteiger partial charge in [0.25, 0.3) is 11.6 Å². The van der Waals surface area contributed by atoms with Gasteiger partial charge in [-0.15, -0.1) is 0 Å². The fraction of sp³-hybridized carbons (Fsp3) is 0.200. The van der Waals surface area contributed by atoms with Gasteiger partial charge in [-0.25, -0.2) is 4.79 Å². The molecule has 0 saturated carbocycles. The van der Waals surface area contributed by atoms with E-state index >= 15 is 0 Å². The number of nitro benzene ring substituents is 1. The van der Waals surface area contributed by atoms with Crippen LogP contribution in [0.2, 0.25) is 0 Å². The number of amides is 1. The quantitative estimate of drug-likeness (QED) is 0.300. The molecule has 146 valence electrons. The van der Waals surface area contributed by atoms with Crippen LogP contribution in [0.15, 0.2) is 54.6 Å². The van der Waals surface area contributed by atoms with E-state index < -0.39 is 23.4 Å². The molecule has 0 heterocycles. The predicted octanol–water partition coefficient (Wildman–Crippen LogP) is 2.82. The number of esters is 1. The maximum absolute atomic E-state index is 12.2. The van der Waals surface area contributed by atoms with Crippen molar-refractivity contribution in [1.29, 1.82) is 0 Å². The summed E-state index contributed by atoms with van der Waals surface area (Å²) in [6, 6.07) is 13.3. The molecule has 8 nitrogen and oxygen atoms in total. The van der Waals surface area contributed by atoms with Crippen molar-refractivity contribution in [3.05, 3.63) is 75.8 Å². The first kappa shape index (κ1) is 20.6. The Hall–Kier alpha value is -3.68. The highest BCUT2D eigenvalue weighted by atomic mass is 16.6. The van der Waals surface area contributed by atoms with Crippen molar-refractivity contribution in [3.63, 3.8) is 0 Å². The Morgan fingerprint density at radius 2 is 1.82 bits per heavy atom. The molecule has 0 saturated heterocycles. The van der Waals surface area contributed by atoms with Crippen LogP contribution >= 0.6 is 0 Å². The number of likely N-dealkylation sites (N-methyl/N-ethyl adjacent to an activating group) is 1. The summed E-state index contributed by atoms with van der Waals surface area (Å²) < 4.78 is 10.2. The third-order valence-electron chi connectivity index (χ3n) is 3.90. The summed E-state index contributed by atoms with van der Waals surface area (Å²) in [6.07, 6.45) is 2.33. The largest absolute Gasteiger partial charge is 0.496 e. The lowest BCUT2D eigenvalue weighted by Gasteiger charge is -2.18. The number of rotatable bonds is 8. The highest BCUT2D eigenvalue weighted by Gasteiger charge is 2.14. The van der Waals surface area contributed by atoms with Gasteiger partial charge in [0.2, 0.25) is 0 Å². The van der Waals surface area contributed by atoms with Crippen LogP contribution in [0, 0.1) is 10.1 Å². The predicted molar refractivity (Wildman–Crippen MR) is 103 cm³/mol. The van der Waals surface area contributed by atoms with Gasteiger partial charge in [-0.3, -0.25) is 14.9 Å². The van der Waals surface area contributed by atoms with Gasteiger partial charge in [-0.2, -0.15) is 0 Å². The molecule has 2 aromatic rings. The second-order valence-corrected chi connectivity index (χ2v) is 5.82. The van der Waals surface area contributed by atoms with Crippen molar-refractivity contribution in [1.82, 2.24) is 4.90 Å². The second-order valence-electron chi connectivity index (χ2n) is 5.82. The van der Waals surface area contributed by atoms with Crippen molar-refractivity contribution >= 4 is 23.6 Å². The number of nitro groups is 1. The van der Waals surface area contributed by atoms with Crippen LogP contribution in [0.3, 0.4) is 0 Å². The number of benzene rings is 2. The van der Waals surface area contributed by atoms with Crippen LogP contribution < -0.4 is 4.74 Å². The minimum absolute atomic E-state index is 0.126. The van der Waals surface area contributed by atoms with Crippen molar-refractivity contribution < 1.29 is 24.0 Å². The molecule has 0 N–H and O–H groups in total. The Kier molecular flexibility index (Phi) is 7.27. The Balaban J connectivity index is 1.90. The number of para-hydroxylation sites is 2. The lowest BCUT2D eigenvalue weighted by molar-refractivity contribution is -0.385. The molecule has 0 aromatic heterocycles. The fourth-order valence-electron chi connectivity index (χ4n) is 2.42. The highest BCUT2D eigenvalue weighted by molar-refractivity contribution is 5.89. The van der Waals surface area contributed by atoms with E-state index in [1.807, 2.05) is 18.2 Å². The normalized spacial score (nSPS) is 10.5. The van der Waals surface area contributed by atoms with Crippen LogP contribution in [0.25, 0.3) is 6.08 Å². The third-order valence-corrected chi connectivity index (χ3v) is 3.90. The van der Waals surface area contributed by atoms with Crippen LogP contribution in [-0.2, 0) is 20.9 Å². The number of carbonyl (C=O) groups is 2. The van der Waals surface area contributed by atoms with Crippen LogP contribution in [0.4, 0.5) is 5.69 Å². The second kappa shape index (κ2) is 9.86. The Morgan fingerprint density at radius 3 is 2.54 bits per heavy atom. The van der Waals surface area contributed by atoms with Gasteiger partial charge in [-0.1, -0.05) is 30.3 Å². The Labute approximate surface area is 162 Å². The van der Waals surface area contributed by atoms with Crippen LogP contribution in [0.5, 0.6) is 5.75 Å². The van der Waals surface area contributed by atoms with E-state index in [0.29, 0.717) is 12.3 Å². The number of nitrogens with zero attached hydrogens (tertiary/aromatic N) is 2. The molecule has 8 heteroatoms. The van der Waals surface area contributed by atoms with Gasteiger partial charge in [-0.05, 0) is 18.2 Å². The monoisotopic (exact) mass is 384 g/mol. The van der Waals surface area contributed by atoms with Crippen molar-refractivity contribution in [2.75, 3.05) is 20.8 Å². The number of hydrogen-bond acceptors (Lipinski definition) is 6.